The van der Waals surface area contributed by atoms with E-state index in [1.165, 1.54) is 12.3 Å². The number of alkyl halides is 3. The lowest BCUT2D eigenvalue weighted by Crippen LogP contribution is -2.23. The second kappa shape index (κ2) is 7.27. The van der Waals surface area contributed by atoms with Gasteiger partial charge in [0.1, 0.15) is 5.82 Å². The molecule has 1 amide bonds. The van der Waals surface area contributed by atoms with Crippen molar-refractivity contribution < 1.29 is 27.1 Å². The topological polar surface area (TPSA) is 64.1 Å². The molecule has 2 heterocycles. The maximum absolute atomic E-state index is 13.3. The third-order valence-electron chi connectivity index (χ3n) is 3.04. The number of carbonyl (C=O) groups is 1. The van der Waals surface area contributed by atoms with Gasteiger partial charge in [-0.25, -0.2) is 14.2 Å². The molecule has 0 aliphatic carbocycles. The van der Waals surface area contributed by atoms with Crippen LogP contribution in [0.2, 0.25) is 0 Å². The van der Waals surface area contributed by atoms with Crippen molar-refractivity contribution in [1.29, 1.82) is 0 Å². The molecule has 0 bridgehead atoms. The fourth-order valence-electron chi connectivity index (χ4n) is 1.92. The summed E-state index contributed by atoms with van der Waals surface area (Å²) in [4.78, 5) is 18.8. The summed E-state index contributed by atoms with van der Waals surface area (Å²) >= 11 is 0. The van der Waals surface area contributed by atoms with Crippen molar-refractivity contribution >= 4 is 11.8 Å². The number of rotatable bonds is 3. The first kappa shape index (κ1) is 19.6. The molecule has 140 valence electrons. The number of nitrogens with one attached hydrogen (secondary N) is 1. The van der Waals surface area contributed by atoms with Crippen LogP contribution in [0, 0.1) is 11.2 Å². The third-order valence-corrected chi connectivity index (χ3v) is 3.04. The highest BCUT2D eigenvalue weighted by molar-refractivity contribution is 5.85. The van der Waals surface area contributed by atoms with Crippen LogP contribution in [0.1, 0.15) is 26.5 Å². The van der Waals surface area contributed by atoms with E-state index in [0.717, 1.165) is 18.3 Å². The van der Waals surface area contributed by atoms with Gasteiger partial charge in [0.25, 0.3) is 0 Å². The monoisotopic (exact) mass is 371 g/mol. The fraction of sp³-hybridized carbons (Fsp3) is 0.353. The highest BCUT2D eigenvalue weighted by atomic mass is 19.4. The Morgan fingerprint density at radius 1 is 1.19 bits per heavy atom. The van der Waals surface area contributed by atoms with Gasteiger partial charge in [-0.05, 0) is 23.6 Å². The molecule has 0 radical (unpaired) electrons. The van der Waals surface area contributed by atoms with Crippen LogP contribution in [0.4, 0.5) is 28.0 Å². The zero-order valence-corrected chi connectivity index (χ0v) is 14.3. The SMILES string of the molecule is CC(C)(C)COC(=O)Nc1ccc(-c2cncc(F)c2)nc1C(F)(F)F. The van der Waals surface area contributed by atoms with Gasteiger partial charge in [-0.1, -0.05) is 20.8 Å². The van der Waals surface area contributed by atoms with Crippen LogP contribution < -0.4 is 5.32 Å². The second-order valence-electron chi connectivity index (χ2n) is 6.74. The zero-order valence-electron chi connectivity index (χ0n) is 14.3. The molecule has 0 spiro atoms. The molecule has 0 atom stereocenters. The lowest BCUT2D eigenvalue weighted by molar-refractivity contribution is -0.140. The molecule has 0 fully saturated rings. The number of carbonyl (C=O) groups excluding carboxylic acids is 1. The van der Waals surface area contributed by atoms with E-state index in [1.807, 2.05) is 26.1 Å². The summed E-state index contributed by atoms with van der Waals surface area (Å²) in [5.74, 6) is -0.703. The molecule has 26 heavy (non-hydrogen) atoms. The molecule has 0 saturated heterocycles. The first-order valence-corrected chi connectivity index (χ1v) is 7.59. The van der Waals surface area contributed by atoms with Crippen molar-refractivity contribution in [2.75, 3.05) is 11.9 Å². The quantitative estimate of drug-likeness (QED) is 0.780. The van der Waals surface area contributed by atoms with E-state index in [0.29, 0.717) is 0 Å². The number of hydrogen-bond acceptors (Lipinski definition) is 4. The Balaban J connectivity index is 2.31. The van der Waals surface area contributed by atoms with Crippen LogP contribution in [-0.4, -0.2) is 22.7 Å². The van der Waals surface area contributed by atoms with Crippen LogP contribution in [-0.2, 0) is 10.9 Å². The number of ether oxygens (including phenoxy) is 1. The minimum Gasteiger partial charge on any atom is -0.449 e. The molecule has 2 aromatic heterocycles. The van der Waals surface area contributed by atoms with Crippen LogP contribution in [0.3, 0.4) is 0 Å². The minimum absolute atomic E-state index is 0.0284. The number of nitrogens with zero attached hydrogens (tertiary/aromatic N) is 2. The van der Waals surface area contributed by atoms with Crippen LogP contribution >= 0.6 is 0 Å². The van der Waals surface area contributed by atoms with E-state index in [1.54, 1.807) is 0 Å². The Morgan fingerprint density at radius 2 is 1.88 bits per heavy atom. The average molecular weight is 371 g/mol. The van der Waals surface area contributed by atoms with Crippen LogP contribution in [0.25, 0.3) is 11.3 Å². The summed E-state index contributed by atoms with van der Waals surface area (Å²) in [6.45, 7) is 5.46. The Kier molecular flexibility index (Phi) is 5.48. The maximum atomic E-state index is 13.3. The van der Waals surface area contributed by atoms with Gasteiger partial charge < -0.3 is 4.74 Å². The van der Waals surface area contributed by atoms with Crippen molar-refractivity contribution in [1.82, 2.24) is 9.97 Å². The Labute approximate surface area is 147 Å². The highest BCUT2D eigenvalue weighted by Crippen LogP contribution is 2.35. The zero-order chi connectivity index (χ0) is 19.5. The largest absolute Gasteiger partial charge is 0.449 e. The van der Waals surface area contributed by atoms with Crippen molar-refractivity contribution in [3.8, 4) is 11.3 Å². The molecule has 9 heteroatoms. The lowest BCUT2D eigenvalue weighted by atomic mass is 9.99. The average Bonchev–Trinajstić information content (AvgIpc) is 2.51. The summed E-state index contributed by atoms with van der Waals surface area (Å²) in [5, 5.41) is 2.05. The molecule has 0 aliphatic heterocycles. The predicted molar refractivity (Wildman–Crippen MR) is 86.9 cm³/mol. The standard InChI is InChI=1S/C17H17F4N3O2/c1-16(2,3)9-26-15(25)24-13-5-4-12(23-14(13)17(19,20)21)10-6-11(18)8-22-7-10/h4-8H,9H2,1-3H3,(H,24,25). The summed E-state index contributed by atoms with van der Waals surface area (Å²) in [6.07, 6.45) is -3.73. The van der Waals surface area contributed by atoms with Crippen LogP contribution in [0.5, 0.6) is 0 Å². The lowest BCUT2D eigenvalue weighted by Gasteiger charge is -2.19. The second-order valence-corrected chi connectivity index (χ2v) is 6.74. The van der Waals surface area contributed by atoms with E-state index in [-0.39, 0.29) is 23.3 Å². The summed E-state index contributed by atoms with van der Waals surface area (Å²) in [7, 11) is 0. The number of anilines is 1. The molecule has 5 nitrogen and oxygen atoms in total. The van der Waals surface area contributed by atoms with E-state index < -0.39 is 29.5 Å². The first-order chi connectivity index (χ1) is 12.0. The number of pyridine rings is 2. The molecule has 0 saturated carbocycles. The van der Waals surface area contributed by atoms with E-state index in [2.05, 4.69) is 9.97 Å². The normalized spacial score (nSPS) is 12.0. The van der Waals surface area contributed by atoms with E-state index in [9.17, 15) is 22.4 Å². The van der Waals surface area contributed by atoms with Crippen molar-refractivity contribution in [3.05, 3.63) is 42.1 Å². The Bertz CT molecular complexity index is 801. The van der Waals surface area contributed by atoms with Gasteiger partial charge in [-0.2, -0.15) is 13.2 Å². The number of halogens is 4. The minimum atomic E-state index is -4.83. The number of aromatic nitrogens is 2. The third kappa shape index (κ3) is 5.40. The van der Waals surface area contributed by atoms with Crippen LogP contribution in [0.15, 0.2) is 30.6 Å². The van der Waals surface area contributed by atoms with Gasteiger partial charge in [0, 0.05) is 11.8 Å². The van der Waals surface area contributed by atoms with Gasteiger partial charge in [0.2, 0.25) is 0 Å². The van der Waals surface area contributed by atoms with Gasteiger partial charge in [0.15, 0.2) is 5.69 Å². The molecule has 1 N–H and O–H groups in total. The van der Waals surface area contributed by atoms with Gasteiger partial charge in [-0.3, -0.25) is 10.3 Å². The van der Waals surface area contributed by atoms with Crippen molar-refractivity contribution in [3.63, 3.8) is 0 Å². The van der Waals surface area contributed by atoms with Gasteiger partial charge in [-0.15, -0.1) is 0 Å². The summed E-state index contributed by atoms with van der Waals surface area (Å²) < 4.78 is 58.1. The van der Waals surface area contributed by atoms with Gasteiger partial charge >= 0.3 is 12.3 Å². The van der Waals surface area contributed by atoms with E-state index >= 15 is 0 Å². The maximum Gasteiger partial charge on any atom is 0.435 e. The highest BCUT2D eigenvalue weighted by Gasteiger charge is 2.36. The summed E-state index contributed by atoms with van der Waals surface area (Å²) in [5.41, 5.74) is -2.25. The Hall–Kier alpha value is -2.71. The molecule has 2 rings (SSSR count). The fourth-order valence-corrected chi connectivity index (χ4v) is 1.92. The number of amides is 1. The first-order valence-electron chi connectivity index (χ1n) is 7.59. The van der Waals surface area contributed by atoms with E-state index in [4.69, 9.17) is 4.74 Å². The number of hydrogen-bond donors (Lipinski definition) is 1. The molecular formula is C17H17F4N3O2. The smallest absolute Gasteiger partial charge is 0.435 e. The van der Waals surface area contributed by atoms with Crippen molar-refractivity contribution in [2.45, 2.75) is 26.9 Å². The summed E-state index contributed by atoms with van der Waals surface area (Å²) in [6, 6.07) is 3.28. The van der Waals surface area contributed by atoms with Gasteiger partial charge in [0.05, 0.1) is 24.2 Å². The van der Waals surface area contributed by atoms with Crippen molar-refractivity contribution in [2.24, 2.45) is 5.41 Å². The predicted octanol–water partition coefficient (Wildman–Crippen LogP) is 4.90. The molecule has 2 aromatic rings. The molecule has 0 unspecified atom stereocenters. The molecular weight excluding hydrogens is 354 g/mol. The molecule has 0 aromatic carbocycles. The Morgan fingerprint density at radius 3 is 2.46 bits per heavy atom. The molecule has 0 aliphatic rings.